The molecule has 0 aliphatic rings. The summed E-state index contributed by atoms with van der Waals surface area (Å²) in [5.74, 6) is 3.39. The van der Waals surface area contributed by atoms with Crippen LogP contribution in [-0.2, 0) is 59.8 Å². The van der Waals surface area contributed by atoms with Crippen LogP contribution in [0.15, 0.2) is 330 Å². The maximum atomic E-state index is 12.7. The standard InChI is InChI=1S/C16H18BrO4P.C16H19O4P.2C15H17O4P.C14H14O.C13H12O.C7H9BO2.C7H7BrO.CH4.BHNS/c1-19-15-9-8-14(10-16(15)22(18,20-2)21-3)13-6-4-12(11-17)5-7-13;1-12-5-7-13(8-6-12)14-9-10-15(18-2)16(11-14)21(17,19-3)20-4;1-12-4-6-13(7-5-12)14-8-10-15(11-9-14)19-20(16,17-2)18-3;1-11-4-6-12(7-5-11)13-8-9-14(16)15(10-13)20(17,18-2)19-3;1-11-3-5-12(6-4-11)13-7-9-14(15-2)10-8-13;1-10-2-4-11(5-3-10)12-6-8-13(14)9-7-12;1-6-2-4-7(5-3-6)8(9)10;1-9-7-4-2-6(8)3-5-7;;1-2-3/h4-10H,11H2,1-3H3;5-11H,1-4H3;4-11H,1-3H3;4-10,16H,1-3H3;3-10H,1-2H3;2-9,14H,1H3;2-5,9-10H,1H3;2-5H,1H3;1H4;3H. The Balaban J connectivity index is 0.000000275. The van der Waals surface area contributed by atoms with E-state index in [1.165, 1.54) is 122 Å². The monoisotopic (exact) mass is 2050 g/mol. The van der Waals surface area contributed by atoms with Gasteiger partial charge in [-0.1, -0.05) is 297 Å². The number of aryl methyl sites for hydroxylation is 6. The fraction of sp³-hybridized carbons (Fsp3) is 0.192. The molecule has 1 radical (unpaired) electrons. The van der Waals surface area contributed by atoms with Crippen LogP contribution >= 0.6 is 75.3 Å². The molecule has 0 aliphatic carbocycles. The first-order valence-corrected chi connectivity index (χ1v) is 49.6. The minimum absolute atomic E-state index is 0. The molecule has 0 saturated heterocycles. The number of methoxy groups -OCH3 is 4. The van der Waals surface area contributed by atoms with Crippen LogP contribution in [0.4, 0.5) is 0 Å². The number of phosphoric acid groups is 1. The van der Waals surface area contributed by atoms with Gasteiger partial charge in [-0.25, -0.2) is 4.57 Å². The summed E-state index contributed by atoms with van der Waals surface area (Å²) < 4.78 is 119. The zero-order chi connectivity index (χ0) is 98.6. The van der Waals surface area contributed by atoms with Gasteiger partial charge in [-0.3, -0.25) is 22.7 Å². The summed E-state index contributed by atoms with van der Waals surface area (Å²) in [5.41, 5.74) is 21.6. The predicted octanol–water partition coefficient (Wildman–Crippen LogP) is 26.1. The van der Waals surface area contributed by atoms with Crippen molar-refractivity contribution in [1.29, 1.82) is 0 Å². The van der Waals surface area contributed by atoms with E-state index in [1.54, 1.807) is 87.0 Å². The SMILES string of the molecule is C.COP(=O)(OC)Oc1ccc(-c2ccc(C)cc2)cc1.COP(=O)(OC)c1cc(-c2ccc(C)cc2)ccc1O.COc1ccc(-c2ccc(C)cc2)cc1.COc1ccc(-c2ccc(C)cc2)cc1P(=O)(OC)OC.COc1ccc(-c2ccc(CBr)cc2)cc1P(=O)(OC)OC.COc1ccc(Br)cc1.Cc1ccc(-c2ccc(O)cc2)cc1.Cc1ccc(B(O)O)cc1.[B]=NS. The van der Waals surface area contributed by atoms with Gasteiger partial charge in [0.05, 0.1) is 28.4 Å². The molecule has 14 aromatic carbocycles. The van der Waals surface area contributed by atoms with E-state index in [0.717, 1.165) is 82.5 Å². The van der Waals surface area contributed by atoms with Gasteiger partial charge in [-0.2, -0.15) is 0 Å². The van der Waals surface area contributed by atoms with Crippen LogP contribution in [0.1, 0.15) is 46.4 Å². The maximum absolute atomic E-state index is 12.7. The second-order valence-corrected chi connectivity index (χ2v) is 39.1. The van der Waals surface area contributed by atoms with E-state index < -0.39 is 37.7 Å². The molecule has 0 bridgehead atoms. The van der Waals surface area contributed by atoms with Gasteiger partial charge in [-0.15, -0.1) is 0 Å². The molecular weight excluding hydrogens is 1940 g/mol. The number of phosphoric ester groups is 1. The number of alkyl halides is 1. The molecule has 0 heterocycles. The van der Waals surface area contributed by atoms with Crippen molar-refractivity contribution in [2.45, 2.75) is 54.3 Å². The summed E-state index contributed by atoms with van der Waals surface area (Å²) in [6.45, 7) is 12.2. The molecule has 4 N–H and O–H groups in total. The van der Waals surface area contributed by atoms with Crippen molar-refractivity contribution >= 4 is 111 Å². The third kappa shape index (κ3) is 36.5. The predicted molar refractivity (Wildman–Crippen MR) is 562 cm³/mol. The van der Waals surface area contributed by atoms with Gasteiger partial charge < -0.3 is 70.9 Å². The number of hydrogen-bond donors (Lipinski definition) is 5. The summed E-state index contributed by atoms with van der Waals surface area (Å²) in [6.07, 6.45) is 0. The van der Waals surface area contributed by atoms with Crippen molar-refractivity contribution in [3.8, 4) is 107 Å². The van der Waals surface area contributed by atoms with Crippen LogP contribution < -0.4 is 44.8 Å². The van der Waals surface area contributed by atoms with Crippen molar-refractivity contribution in [2.24, 2.45) is 4.30 Å². The van der Waals surface area contributed by atoms with Crippen molar-refractivity contribution < 1.29 is 98.2 Å². The molecule has 0 fully saturated rings. The summed E-state index contributed by atoms with van der Waals surface area (Å²) in [6, 6.07) is 102. The fourth-order valence-corrected chi connectivity index (χ4v) is 17.2. The van der Waals surface area contributed by atoms with Crippen LogP contribution in [0.5, 0.6) is 40.2 Å². The molecule has 0 spiro atoms. The van der Waals surface area contributed by atoms with Crippen molar-refractivity contribution in [3.63, 3.8) is 0 Å². The molecule has 14 aromatic rings. The molecule has 0 unspecified atom stereocenters. The number of thiol groups is 1. The summed E-state index contributed by atoms with van der Waals surface area (Å²) in [7, 11) is 6.26. The molecule has 22 nitrogen and oxygen atoms in total. The van der Waals surface area contributed by atoms with Crippen LogP contribution in [-0.4, -0.2) is 120 Å². The topological polar surface area (TPSA) is 282 Å². The van der Waals surface area contributed by atoms with Crippen molar-refractivity contribution in [1.82, 2.24) is 0 Å². The average Bonchev–Trinajstić information content (AvgIpc) is 0.796. The van der Waals surface area contributed by atoms with Gasteiger partial charge in [0.25, 0.3) is 0 Å². The van der Waals surface area contributed by atoms with Gasteiger partial charge in [0.15, 0.2) is 0 Å². The molecule has 0 aromatic heterocycles. The van der Waals surface area contributed by atoms with Crippen LogP contribution in [0.25, 0.3) is 66.8 Å². The third-order valence-electron chi connectivity index (χ3n) is 19.9. The van der Waals surface area contributed by atoms with Crippen LogP contribution in [0.3, 0.4) is 0 Å². The molecular formula is C104H118B2Br2NO21P4S. The summed E-state index contributed by atoms with van der Waals surface area (Å²) >= 11 is 9.94. The molecule has 0 atom stereocenters. The number of nitrogens with zero attached hydrogens (tertiary/aromatic N) is 1. The van der Waals surface area contributed by atoms with E-state index in [9.17, 15) is 23.4 Å². The average molecular weight is 2060 g/mol. The number of hydrogen-bond acceptors (Lipinski definition) is 23. The molecule has 711 valence electrons. The Labute approximate surface area is 819 Å². The first-order chi connectivity index (χ1) is 64.2. The molecule has 135 heavy (non-hydrogen) atoms. The Kier molecular flexibility index (Phi) is 50.0. The first kappa shape index (κ1) is 115. The Morgan fingerprint density at radius 1 is 0.319 bits per heavy atom. The second-order valence-electron chi connectivity index (χ2n) is 29.0. The molecule has 0 aliphatic heterocycles. The number of ether oxygens (including phenoxy) is 4. The van der Waals surface area contributed by atoms with Crippen molar-refractivity contribution in [2.75, 3.05) is 85.3 Å². The van der Waals surface area contributed by atoms with Gasteiger partial charge in [0.2, 0.25) is 0 Å². The van der Waals surface area contributed by atoms with E-state index in [2.05, 4.69) is 155 Å². The van der Waals surface area contributed by atoms with E-state index in [0.29, 0.717) is 39.1 Å². The third-order valence-corrected chi connectivity index (χ3v) is 28.1. The Hall–Kier alpha value is -10.6. The van der Waals surface area contributed by atoms with E-state index in [-0.39, 0.29) is 18.5 Å². The Morgan fingerprint density at radius 3 is 0.830 bits per heavy atom. The quantitative estimate of drug-likeness (QED) is 0.0154. The van der Waals surface area contributed by atoms with Crippen LogP contribution in [0.2, 0.25) is 0 Å². The molecule has 0 saturated carbocycles. The normalized spacial score (nSPS) is 10.6. The number of rotatable bonds is 25. The van der Waals surface area contributed by atoms with Gasteiger partial charge in [0, 0.05) is 66.7 Å². The van der Waals surface area contributed by atoms with Gasteiger partial charge in [0.1, 0.15) is 56.2 Å². The zero-order valence-corrected chi connectivity index (χ0v) is 85.8. The fourth-order valence-electron chi connectivity index (χ4n) is 12.2. The number of halogens is 2. The van der Waals surface area contributed by atoms with E-state index >= 15 is 0 Å². The molecule has 31 heteroatoms. The molecule has 0 amide bonds. The number of aromatic hydroxyl groups is 2. The van der Waals surface area contributed by atoms with E-state index in [1.807, 2.05) is 185 Å². The Bertz CT molecular complexity index is 6010. The zero-order valence-electron chi connectivity index (χ0n) is 78.1. The number of benzene rings is 14. The summed E-state index contributed by atoms with van der Waals surface area (Å²) in [5, 5.41) is 38.2. The van der Waals surface area contributed by atoms with Crippen molar-refractivity contribution in [3.05, 3.63) is 365 Å². The second kappa shape index (κ2) is 58.8. The molecule has 14 rings (SSSR count). The minimum atomic E-state index is -3.50. The van der Waals surface area contributed by atoms with Gasteiger partial charge in [-0.05, 0) is 216 Å². The number of phenols is 2. The van der Waals surface area contributed by atoms with Gasteiger partial charge >= 0.3 is 62.5 Å². The van der Waals surface area contributed by atoms with E-state index in [4.69, 9.17) is 74.8 Å². The number of phenolic OH excluding ortho intramolecular Hbond substituents is 2. The Morgan fingerprint density at radius 2 is 0.556 bits per heavy atom. The van der Waals surface area contributed by atoms with Crippen LogP contribution in [0, 0.1) is 41.5 Å². The first-order valence-electron chi connectivity index (χ1n) is 41.2. The summed E-state index contributed by atoms with van der Waals surface area (Å²) in [4.78, 5) is 0.